The lowest BCUT2D eigenvalue weighted by Crippen LogP contribution is -2.64. The molecule has 1 N–H and O–H groups in total. The van der Waals surface area contributed by atoms with Crippen LogP contribution in [-0.2, 0) is 19.2 Å². The van der Waals surface area contributed by atoms with Crippen molar-refractivity contribution < 1.29 is 32.3 Å². The standard InChI is InChI=1S/C31H26ClF3N6O4.CH4/c1-18(42)39-16-25(41(27(43)17-39)26-11-19(15-36)9-10-37-26)30(45)40(22-6-4-5-20(33)12-22)28(23-7-2-3-8-24(23)32)29(44)38-21-13-31(34,35)14-21;/h2-12,21,25,28H,13-14,16-17H2,1H3,(H,38,44);1H4/t25-,28-;/m0./s1. The molecule has 0 spiro atoms. The van der Waals surface area contributed by atoms with Gasteiger partial charge in [-0.25, -0.2) is 18.2 Å². The summed E-state index contributed by atoms with van der Waals surface area (Å²) in [5, 5.41) is 12.1. The van der Waals surface area contributed by atoms with E-state index in [1.54, 1.807) is 12.1 Å². The Kier molecular flexibility index (Phi) is 10.0. The average molecular weight is 655 g/mol. The van der Waals surface area contributed by atoms with E-state index >= 15 is 0 Å². The Balaban J connectivity index is 0.00000480. The van der Waals surface area contributed by atoms with Gasteiger partial charge in [-0.2, -0.15) is 5.26 Å². The molecule has 14 heteroatoms. The number of nitrogens with one attached hydrogen (secondary N) is 1. The maximum Gasteiger partial charge on any atom is 0.253 e. The van der Waals surface area contributed by atoms with E-state index in [0.29, 0.717) is 0 Å². The minimum atomic E-state index is -2.96. The number of amides is 4. The van der Waals surface area contributed by atoms with Crippen molar-refractivity contribution in [3.05, 3.63) is 88.8 Å². The number of anilines is 2. The van der Waals surface area contributed by atoms with Gasteiger partial charge in [0, 0.05) is 48.3 Å². The summed E-state index contributed by atoms with van der Waals surface area (Å²) in [4.78, 5) is 62.0. The Bertz CT molecular complexity index is 1710. The van der Waals surface area contributed by atoms with Crippen LogP contribution in [0.1, 0.15) is 44.4 Å². The highest BCUT2D eigenvalue weighted by atomic mass is 35.5. The summed E-state index contributed by atoms with van der Waals surface area (Å²) in [6.45, 7) is 0.482. The third kappa shape index (κ3) is 6.97. The molecule has 2 fully saturated rings. The van der Waals surface area contributed by atoms with Crippen molar-refractivity contribution in [1.82, 2.24) is 15.2 Å². The van der Waals surface area contributed by atoms with E-state index in [1.165, 1.54) is 49.5 Å². The molecular formula is C32H30ClF3N6O4. The fraction of sp³-hybridized carbons (Fsp3) is 0.312. The van der Waals surface area contributed by atoms with Gasteiger partial charge < -0.3 is 10.2 Å². The third-order valence-corrected chi connectivity index (χ3v) is 7.96. The van der Waals surface area contributed by atoms with E-state index in [-0.39, 0.29) is 41.6 Å². The number of nitriles is 1. The van der Waals surface area contributed by atoms with Crippen LogP contribution in [-0.4, -0.2) is 64.6 Å². The lowest BCUT2D eigenvalue weighted by molar-refractivity contribution is -0.139. The average Bonchev–Trinajstić information content (AvgIpc) is 2.98. The van der Waals surface area contributed by atoms with Crippen molar-refractivity contribution in [3.63, 3.8) is 0 Å². The molecule has 3 aromatic rings. The molecule has 2 heterocycles. The normalized spacial score (nSPS) is 18.0. The Morgan fingerprint density at radius 2 is 1.85 bits per heavy atom. The second-order valence-electron chi connectivity index (χ2n) is 10.8. The Labute approximate surface area is 268 Å². The first-order chi connectivity index (χ1) is 21.4. The monoisotopic (exact) mass is 654 g/mol. The molecule has 10 nitrogen and oxygen atoms in total. The third-order valence-electron chi connectivity index (χ3n) is 7.62. The molecule has 1 aliphatic carbocycles. The van der Waals surface area contributed by atoms with Gasteiger partial charge in [0.1, 0.15) is 30.3 Å². The second kappa shape index (κ2) is 13.6. The molecule has 46 heavy (non-hydrogen) atoms. The van der Waals surface area contributed by atoms with Crippen LogP contribution in [0.3, 0.4) is 0 Å². The van der Waals surface area contributed by atoms with Crippen LogP contribution >= 0.6 is 11.6 Å². The van der Waals surface area contributed by atoms with Gasteiger partial charge in [-0.15, -0.1) is 0 Å². The van der Waals surface area contributed by atoms with Gasteiger partial charge in [0.05, 0.1) is 18.2 Å². The maximum atomic E-state index is 14.8. The molecule has 0 radical (unpaired) electrons. The molecular weight excluding hydrogens is 625 g/mol. The lowest BCUT2D eigenvalue weighted by atomic mass is 9.87. The van der Waals surface area contributed by atoms with Crippen LogP contribution in [0.5, 0.6) is 0 Å². The molecule has 1 saturated heterocycles. The molecule has 2 aliphatic rings. The van der Waals surface area contributed by atoms with E-state index in [2.05, 4.69) is 10.3 Å². The predicted octanol–water partition coefficient (Wildman–Crippen LogP) is 4.63. The molecule has 1 aliphatic heterocycles. The first-order valence-corrected chi connectivity index (χ1v) is 14.2. The summed E-state index contributed by atoms with van der Waals surface area (Å²) in [6, 6.07) is 11.5. The summed E-state index contributed by atoms with van der Waals surface area (Å²) in [5.41, 5.74) is 0.132. The number of hydrogen-bond acceptors (Lipinski definition) is 6. The van der Waals surface area contributed by atoms with Gasteiger partial charge >= 0.3 is 0 Å². The molecule has 1 aromatic heterocycles. The highest BCUT2D eigenvalue weighted by Gasteiger charge is 2.49. The molecule has 2 atom stereocenters. The topological polar surface area (TPSA) is 127 Å². The molecule has 4 amide bonds. The van der Waals surface area contributed by atoms with Crippen molar-refractivity contribution in [1.29, 1.82) is 5.26 Å². The van der Waals surface area contributed by atoms with Crippen molar-refractivity contribution >= 4 is 46.7 Å². The van der Waals surface area contributed by atoms with Crippen molar-refractivity contribution in [3.8, 4) is 6.07 Å². The van der Waals surface area contributed by atoms with Crippen LogP contribution in [0.25, 0.3) is 0 Å². The van der Waals surface area contributed by atoms with Gasteiger partial charge in [0.2, 0.25) is 17.7 Å². The Morgan fingerprint density at radius 1 is 1.13 bits per heavy atom. The fourth-order valence-corrected chi connectivity index (χ4v) is 5.67. The van der Waals surface area contributed by atoms with Crippen molar-refractivity contribution in [2.24, 2.45) is 0 Å². The number of aromatic nitrogens is 1. The summed E-state index contributed by atoms with van der Waals surface area (Å²) < 4.78 is 42.1. The number of alkyl halides is 2. The molecule has 240 valence electrons. The van der Waals surface area contributed by atoms with Gasteiger partial charge in [0.25, 0.3) is 11.8 Å². The van der Waals surface area contributed by atoms with Crippen LogP contribution < -0.4 is 15.1 Å². The zero-order chi connectivity index (χ0) is 32.5. The van der Waals surface area contributed by atoms with E-state index in [9.17, 15) is 37.6 Å². The highest BCUT2D eigenvalue weighted by molar-refractivity contribution is 6.31. The lowest BCUT2D eigenvalue weighted by Gasteiger charge is -2.43. The summed E-state index contributed by atoms with van der Waals surface area (Å²) in [7, 11) is 0. The predicted molar refractivity (Wildman–Crippen MR) is 163 cm³/mol. The van der Waals surface area contributed by atoms with Gasteiger partial charge in [-0.1, -0.05) is 43.3 Å². The SMILES string of the molecule is C.CC(=O)N1CC(=O)N(c2cc(C#N)ccn2)[C@H](C(=O)N(c2cccc(F)c2)[C@H](C(=O)NC2CC(F)(F)C2)c2ccccc2Cl)C1. The smallest absolute Gasteiger partial charge is 0.253 e. The second-order valence-corrected chi connectivity index (χ2v) is 11.2. The fourth-order valence-electron chi connectivity index (χ4n) is 5.43. The number of benzene rings is 2. The van der Waals surface area contributed by atoms with E-state index in [4.69, 9.17) is 11.6 Å². The Hall–Kier alpha value is -4.96. The number of rotatable bonds is 7. The zero-order valence-corrected chi connectivity index (χ0v) is 24.5. The van der Waals surface area contributed by atoms with Crippen molar-refractivity contribution in [2.45, 2.75) is 51.2 Å². The molecule has 1 saturated carbocycles. The molecule has 5 rings (SSSR count). The number of hydrogen-bond donors (Lipinski definition) is 1. The minimum Gasteiger partial charge on any atom is -0.351 e. The number of nitrogens with zero attached hydrogens (tertiary/aromatic N) is 5. The van der Waals surface area contributed by atoms with E-state index in [0.717, 1.165) is 26.8 Å². The minimum absolute atomic E-state index is 0. The number of carbonyl (C=O) groups excluding carboxylic acids is 4. The number of piperazine rings is 1. The van der Waals surface area contributed by atoms with Crippen molar-refractivity contribution in [2.75, 3.05) is 22.9 Å². The van der Waals surface area contributed by atoms with E-state index in [1.807, 2.05) is 6.07 Å². The number of carbonyl (C=O) groups is 4. The largest absolute Gasteiger partial charge is 0.351 e. The van der Waals surface area contributed by atoms with Gasteiger partial charge in [0.15, 0.2) is 0 Å². The first kappa shape index (κ1) is 33.9. The Morgan fingerprint density at radius 3 is 2.48 bits per heavy atom. The van der Waals surface area contributed by atoms with Gasteiger partial charge in [-0.3, -0.25) is 29.0 Å². The molecule has 0 unspecified atom stereocenters. The van der Waals surface area contributed by atoms with Crippen LogP contribution in [0, 0.1) is 17.1 Å². The molecule has 0 bridgehead atoms. The zero-order valence-electron chi connectivity index (χ0n) is 23.8. The van der Waals surface area contributed by atoms with Crippen LogP contribution in [0.4, 0.5) is 24.7 Å². The quantitative estimate of drug-likeness (QED) is 0.396. The number of pyridine rings is 1. The molecule has 2 aromatic carbocycles. The number of halogens is 4. The highest BCUT2D eigenvalue weighted by Crippen LogP contribution is 2.39. The maximum absolute atomic E-state index is 14.8. The summed E-state index contributed by atoms with van der Waals surface area (Å²) in [5.74, 6) is -6.79. The van der Waals surface area contributed by atoms with Crippen LogP contribution in [0.2, 0.25) is 5.02 Å². The summed E-state index contributed by atoms with van der Waals surface area (Å²) in [6.07, 6.45) is 0.0569. The van der Waals surface area contributed by atoms with Crippen LogP contribution in [0.15, 0.2) is 66.9 Å². The van der Waals surface area contributed by atoms with Gasteiger partial charge in [-0.05, 0) is 36.4 Å². The first-order valence-electron chi connectivity index (χ1n) is 13.8. The van der Waals surface area contributed by atoms with E-state index < -0.39 is 72.9 Å². The summed E-state index contributed by atoms with van der Waals surface area (Å²) >= 11 is 6.52.